The first-order valence-corrected chi connectivity index (χ1v) is 5.52. The van der Waals surface area contributed by atoms with Gasteiger partial charge in [-0.15, -0.1) is 0 Å². The van der Waals surface area contributed by atoms with Crippen molar-refractivity contribution in [1.82, 2.24) is 9.88 Å². The molecule has 2 heterocycles. The SMILES string of the molecule is COC(CN1Cc2cnc(Cl)cc2C1=O)OC. The summed E-state index contributed by atoms with van der Waals surface area (Å²) in [5, 5.41) is 0.328. The van der Waals surface area contributed by atoms with Crippen LogP contribution < -0.4 is 0 Å². The van der Waals surface area contributed by atoms with Gasteiger partial charge in [0, 0.05) is 38.1 Å². The fourth-order valence-electron chi connectivity index (χ4n) is 1.80. The number of aromatic nitrogens is 1. The van der Waals surface area contributed by atoms with Crippen molar-refractivity contribution in [3.63, 3.8) is 0 Å². The number of pyridine rings is 1. The van der Waals surface area contributed by atoms with Gasteiger partial charge in [0.25, 0.3) is 5.91 Å². The minimum Gasteiger partial charge on any atom is -0.354 e. The van der Waals surface area contributed by atoms with Crippen LogP contribution in [0.25, 0.3) is 0 Å². The van der Waals surface area contributed by atoms with E-state index in [1.54, 1.807) is 31.4 Å². The molecule has 0 radical (unpaired) electrons. The van der Waals surface area contributed by atoms with E-state index in [2.05, 4.69) is 4.98 Å². The van der Waals surface area contributed by atoms with Crippen molar-refractivity contribution in [3.05, 3.63) is 28.5 Å². The molecule has 2 rings (SSSR count). The molecule has 1 amide bonds. The predicted molar refractivity (Wildman–Crippen MR) is 61.8 cm³/mol. The third-order valence-electron chi connectivity index (χ3n) is 2.73. The van der Waals surface area contributed by atoms with Gasteiger partial charge in [0.05, 0.1) is 6.54 Å². The van der Waals surface area contributed by atoms with Gasteiger partial charge in [0.15, 0.2) is 6.29 Å². The molecule has 0 atom stereocenters. The molecule has 1 aromatic heterocycles. The molecular formula is C11H13ClN2O3. The first-order valence-electron chi connectivity index (χ1n) is 5.15. The van der Waals surface area contributed by atoms with Gasteiger partial charge < -0.3 is 14.4 Å². The minimum atomic E-state index is -0.420. The maximum absolute atomic E-state index is 12.0. The van der Waals surface area contributed by atoms with Crippen molar-refractivity contribution >= 4 is 17.5 Å². The van der Waals surface area contributed by atoms with Gasteiger partial charge in [-0.05, 0) is 6.07 Å². The fourth-order valence-corrected chi connectivity index (χ4v) is 1.96. The number of nitrogens with zero attached hydrogens (tertiary/aromatic N) is 2. The maximum Gasteiger partial charge on any atom is 0.254 e. The van der Waals surface area contributed by atoms with Crippen LogP contribution >= 0.6 is 11.6 Å². The molecule has 0 fully saturated rings. The number of hydrogen-bond acceptors (Lipinski definition) is 4. The van der Waals surface area contributed by atoms with E-state index < -0.39 is 6.29 Å². The summed E-state index contributed by atoms with van der Waals surface area (Å²) in [6.45, 7) is 0.902. The Balaban J connectivity index is 2.14. The van der Waals surface area contributed by atoms with Gasteiger partial charge in [-0.3, -0.25) is 4.79 Å². The molecule has 0 aromatic carbocycles. The number of fused-ring (bicyclic) bond motifs is 1. The summed E-state index contributed by atoms with van der Waals surface area (Å²) in [4.78, 5) is 17.7. The summed E-state index contributed by atoms with van der Waals surface area (Å²) in [5.74, 6) is -0.0663. The van der Waals surface area contributed by atoms with Crippen molar-refractivity contribution in [1.29, 1.82) is 0 Å². The van der Waals surface area contributed by atoms with Crippen LogP contribution in [-0.4, -0.2) is 42.8 Å². The second-order valence-electron chi connectivity index (χ2n) is 3.75. The summed E-state index contributed by atoms with van der Waals surface area (Å²) >= 11 is 5.77. The highest BCUT2D eigenvalue weighted by atomic mass is 35.5. The molecule has 0 spiro atoms. The summed E-state index contributed by atoms with van der Waals surface area (Å²) in [5.41, 5.74) is 1.49. The van der Waals surface area contributed by atoms with Crippen LogP contribution in [0.15, 0.2) is 12.3 Å². The Labute approximate surface area is 104 Å². The zero-order valence-corrected chi connectivity index (χ0v) is 10.4. The fraction of sp³-hybridized carbons (Fsp3) is 0.455. The number of carbonyl (C=O) groups is 1. The molecule has 0 aliphatic carbocycles. The van der Waals surface area contributed by atoms with E-state index >= 15 is 0 Å². The largest absolute Gasteiger partial charge is 0.354 e. The van der Waals surface area contributed by atoms with Gasteiger partial charge in [-0.25, -0.2) is 4.98 Å². The van der Waals surface area contributed by atoms with Gasteiger partial charge in [0.1, 0.15) is 5.15 Å². The Morgan fingerprint density at radius 1 is 1.53 bits per heavy atom. The third-order valence-corrected chi connectivity index (χ3v) is 2.93. The van der Waals surface area contributed by atoms with Crippen LogP contribution in [0, 0.1) is 0 Å². The summed E-state index contributed by atoms with van der Waals surface area (Å²) in [6, 6.07) is 1.59. The zero-order chi connectivity index (χ0) is 12.4. The quantitative estimate of drug-likeness (QED) is 0.602. The van der Waals surface area contributed by atoms with Gasteiger partial charge >= 0.3 is 0 Å². The lowest BCUT2D eigenvalue weighted by Crippen LogP contribution is -2.34. The molecule has 0 unspecified atom stereocenters. The van der Waals surface area contributed by atoms with Crippen molar-refractivity contribution in [2.45, 2.75) is 12.8 Å². The predicted octanol–water partition coefficient (Wildman–Crippen LogP) is 1.31. The Kier molecular flexibility index (Phi) is 3.61. The Bertz CT molecular complexity index is 435. The molecular weight excluding hydrogens is 244 g/mol. The van der Waals surface area contributed by atoms with Gasteiger partial charge in [0.2, 0.25) is 0 Å². The third kappa shape index (κ3) is 2.41. The van der Waals surface area contributed by atoms with Crippen molar-refractivity contribution < 1.29 is 14.3 Å². The highest BCUT2D eigenvalue weighted by molar-refractivity contribution is 6.29. The maximum atomic E-state index is 12.0. The molecule has 0 N–H and O–H groups in total. The number of halogens is 1. The van der Waals surface area contributed by atoms with Crippen molar-refractivity contribution in [2.75, 3.05) is 20.8 Å². The van der Waals surface area contributed by atoms with E-state index in [9.17, 15) is 4.79 Å². The van der Waals surface area contributed by atoms with Crippen molar-refractivity contribution in [2.24, 2.45) is 0 Å². The van der Waals surface area contributed by atoms with E-state index in [0.717, 1.165) is 5.56 Å². The summed E-state index contributed by atoms with van der Waals surface area (Å²) < 4.78 is 10.1. The van der Waals surface area contributed by atoms with E-state index in [0.29, 0.717) is 23.8 Å². The molecule has 5 nitrogen and oxygen atoms in total. The van der Waals surface area contributed by atoms with Crippen LogP contribution in [0.1, 0.15) is 15.9 Å². The monoisotopic (exact) mass is 256 g/mol. The van der Waals surface area contributed by atoms with Crippen molar-refractivity contribution in [3.8, 4) is 0 Å². The Hall–Kier alpha value is -1.17. The molecule has 0 bridgehead atoms. The van der Waals surface area contributed by atoms with Crippen LogP contribution in [0.3, 0.4) is 0 Å². The van der Waals surface area contributed by atoms with E-state index in [4.69, 9.17) is 21.1 Å². The molecule has 0 saturated heterocycles. The molecule has 92 valence electrons. The molecule has 1 aromatic rings. The number of ether oxygens (including phenoxy) is 2. The van der Waals surface area contributed by atoms with Crippen LogP contribution in [0.4, 0.5) is 0 Å². The molecule has 17 heavy (non-hydrogen) atoms. The minimum absolute atomic E-state index is 0.0663. The molecule has 6 heteroatoms. The summed E-state index contributed by atoms with van der Waals surface area (Å²) in [6.07, 6.45) is 1.21. The number of methoxy groups -OCH3 is 2. The zero-order valence-electron chi connectivity index (χ0n) is 9.64. The van der Waals surface area contributed by atoms with Crippen LogP contribution in [-0.2, 0) is 16.0 Å². The average molecular weight is 257 g/mol. The van der Waals surface area contributed by atoms with E-state index in [1.807, 2.05) is 0 Å². The van der Waals surface area contributed by atoms with Crippen LogP contribution in [0.5, 0.6) is 0 Å². The molecule has 1 aliphatic rings. The van der Waals surface area contributed by atoms with Crippen LogP contribution in [0.2, 0.25) is 5.15 Å². The lowest BCUT2D eigenvalue weighted by Gasteiger charge is -2.21. The van der Waals surface area contributed by atoms with Gasteiger partial charge in [-0.2, -0.15) is 0 Å². The lowest BCUT2D eigenvalue weighted by atomic mass is 10.2. The highest BCUT2D eigenvalue weighted by Gasteiger charge is 2.29. The topological polar surface area (TPSA) is 51.7 Å². The first kappa shape index (κ1) is 12.3. The van der Waals surface area contributed by atoms with Gasteiger partial charge in [-0.1, -0.05) is 11.6 Å². The number of carbonyl (C=O) groups excluding carboxylic acids is 1. The van der Waals surface area contributed by atoms with E-state index in [-0.39, 0.29) is 5.91 Å². The average Bonchev–Trinajstić information content (AvgIpc) is 2.63. The smallest absolute Gasteiger partial charge is 0.254 e. The summed E-state index contributed by atoms with van der Waals surface area (Å²) in [7, 11) is 3.08. The normalized spacial score (nSPS) is 14.6. The second kappa shape index (κ2) is 5.00. The lowest BCUT2D eigenvalue weighted by molar-refractivity contribution is -0.112. The van der Waals surface area contributed by atoms with E-state index in [1.165, 1.54) is 0 Å². The number of rotatable bonds is 4. The highest BCUT2D eigenvalue weighted by Crippen LogP contribution is 2.24. The standard InChI is InChI=1S/C11H13ClN2O3/c1-16-10(17-2)6-14-5-7-4-13-9(12)3-8(7)11(14)15/h3-4,10H,5-6H2,1-2H3. The second-order valence-corrected chi connectivity index (χ2v) is 4.14. The first-order chi connectivity index (χ1) is 8.15. The Morgan fingerprint density at radius 2 is 2.24 bits per heavy atom. The number of amides is 1. The molecule has 0 saturated carbocycles. The Morgan fingerprint density at radius 3 is 2.88 bits per heavy atom. The number of hydrogen-bond donors (Lipinski definition) is 0. The molecule has 1 aliphatic heterocycles.